The van der Waals surface area contributed by atoms with Gasteiger partial charge in [-0.3, -0.25) is 4.79 Å². The highest BCUT2D eigenvalue weighted by Gasteiger charge is 2.14. The Balaban J connectivity index is 1.96. The van der Waals surface area contributed by atoms with Crippen LogP contribution >= 0.6 is 0 Å². The van der Waals surface area contributed by atoms with Crippen molar-refractivity contribution in [3.63, 3.8) is 0 Å². The predicted molar refractivity (Wildman–Crippen MR) is 75.5 cm³/mol. The Morgan fingerprint density at radius 3 is 2.50 bits per heavy atom. The maximum Gasteiger partial charge on any atom is 0.310 e. The lowest BCUT2D eigenvalue weighted by atomic mass is 10.0. The molecule has 0 spiro atoms. The standard InChI is InChI=1S/C16H13NO3/c1-10(16(18)19)11-6-8-12(9-7-11)15-17-13-4-2-3-5-14(13)20-15/h2-10H,1H3,(H,18,19). The molecule has 1 atom stereocenters. The number of fused-ring (bicyclic) bond motifs is 1. The summed E-state index contributed by atoms with van der Waals surface area (Å²) in [5.74, 6) is -0.812. The molecule has 20 heavy (non-hydrogen) atoms. The molecule has 0 radical (unpaired) electrons. The van der Waals surface area contributed by atoms with Gasteiger partial charge in [-0.25, -0.2) is 4.98 Å². The number of hydrogen-bond acceptors (Lipinski definition) is 3. The molecule has 0 aliphatic carbocycles. The number of rotatable bonds is 3. The van der Waals surface area contributed by atoms with Crippen LogP contribution < -0.4 is 0 Å². The fourth-order valence-corrected chi connectivity index (χ4v) is 2.05. The Labute approximate surface area is 115 Å². The number of aromatic nitrogens is 1. The molecule has 1 unspecified atom stereocenters. The first-order valence-electron chi connectivity index (χ1n) is 6.34. The predicted octanol–water partition coefficient (Wildman–Crippen LogP) is 3.68. The van der Waals surface area contributed by atoms with Crippen LogP contribution in [0, 0.1) is 0 Å². The lowest BCUT2D eigenvalue weighted by Gasteiger charge is -2.06. The van der Waals surface area contributed by atoms with E-state index in [0.29, 0.717) is 5.89 Å². The van der Waals surface area contributed by atoms with Gasteiger partial charge in [0.2, 0.25) is 5.89 Å². The summed E-state index contributed by atoms with van der Waals surface area (Å²) in [7, 11) is 0. The number of carbonyl (C=O) groups is 1. The molecule has 4 heteroatoms. The molecule has 2 aromatic carbocycles. The molecular formula is C16H13NO3. The largest absolute Gasteiger partial charge is 0.481 e. The molecule has 3 aromatic rings. The highest BCUT2D eigenvalue weighted by atomic mass is 16.4. The molecule has 0 fully saturated rings. The first-order chi connectivity index (χ1) is 9.65. The molecule has 3 rings (SSSR count). The van der Waals surface area contributed by atoms with Gasteiger partial charge in [0.1, 0.15) is 5.52 Å². The van der Waals surface area contributed by atoms with Gasteiger partial charge in [-0.2, -0.15) is 0 Å². The van der Waals surface area contributed by atoms with Gasteiger partial charge in [0.05, 0.1) is 5.92 Å². The van der Waals surface area contributed by atoms with Crippen molar-refractivity contribution in [2.45, 2.75) is 12.8 Å². The molecule has 0 aliphatic rings. The van der Waals surface area contributed by atoms with Crippen molar-refractivity contribution in [1.29, 1.82) is 0 Å². The van der Waals surface area contributed by atoms with Crippen LogP contribution in [0.4, 0.5) is 0 Å². The van der Waals surface area contributed by atoms with Crippen LogP contribution in [-0.2, 0) is 4.79 Å². The van der Waals surface area contributed by atoms with E-state index in [0.717, 1.165) is 22.2 Å². The van der Waals surface area contributed by atoms with Crippen molar-refractivity contribution in [3.8, 4) is 11.5 Å². The van der Waals surface area contributed by atoms with Crippen LogP contribution in [0.3, 0.4) is 0 Å². The second-order valence-electron chi connectivity index (χ2n) is 4.67. The molecule has 1 aromatic heterocycles. The van der Waals surface area contributed by atoms with Gasteiger partial charge in [-0.05, 0) is 36.8 Å². The fourth-order valence-electron chi connectivity index (χ4n) is 2.05. The topological polar surface area (TPSA) is 63.3 Å². The minimum Gasteiger partial charge on any atom is -0.481 e. The number of carboxylic acids is 1. The first kappa shape index (κ1) is 12.4. The average molecular weight is 267 g/mol. The van der Waals surface area contributed by atoms with Crippen LogP contribution in [0.1, 0.15) is 18.4 Å². The van der Waals surface area contributed by atoms with Crippen LogP contribution in [0.5, 0.6) is 0 Å². The van der Waals surface area contributed by atoms with Crippen molar-refractivity contribution in [1.82, 2.24) is 4.98 Å². The summed E-state index contributed by atoms with van der Waals surface area (Å²) < 4.78 is 5.67. The maximum absolute atomic E-state index is 10.9. The highest BCUT2D eigenvalue weighted by molar-refractivity contribution is 5.77. The zero-order valence-corrected chi connectivity index (χ0v) is 10.9. The summed E-state index contributed by atoms with van der Waals surface area (Å²) in [6, 6.07) is 14.8. The summed E-state index contributed by atoms with van der Waals surface area (Å²) in [5.41, 5.74) is 3.15. The number of benzene rings is 2. The Hall–Kier alpha value is -2.62. The second kappa shape index (κ2) is 4.81. The van der Waals surface area contributed by atoms with Crippen molar-refractivity contribution in [2.24, 2.45) is 0 Å². The van der Waals surface area contributed by atoms with E-state index < -0.39 is 11.9 Å². The number of oxazole rings is 1. The van der Waals surface area contributed by atoms with E-state index in [9.17, 15) is 4.79 Å². The van der Waals surface area contributed by atoms with Gasteiger partial charge in [0.15, 0.2) is 5.58 Å². The summed E-state index contributed by atoms with van der Waals surface area (Å²) >= 11 is 0. The molecule has 100 valence electrons. The second-order valence-corrected chi connectivity index (χ2v) is 4.67. The van der Waals surface area contributed by atoms with E-state index in [4.69, 9.17) is 9.52 Å². The third-order valence-electron chi connectivity index (χ3n) is 3.32. The van der Waals surface area contributed by atoms with Crippen LogP contribution in [0.2, 0.25) is 0 Å². The smallest absolute Gasteiger partial charge is 0.310 e. The summed E-state index contributed by atoms with van der Waals surface area (Å²) in [4.78, 5) is 15.4. The molecule has 0 bridgehead atoms. The maximum atomic E-state index is 10.9. The molecular weight excluding hydrogens is 254 g/mol. The van der Waals surface area contributed by atoms with Crippen molar-refractivity contribution >= 4 is 17.1 Å². The monoisotopic (exact) mass is 267 g/mol. The van der Waals surface area contributed by atoms with E-state index >= 15 is 0 Å². The van der Waals surface area contributed by atoms with Crippen molar-refractivity contribution in [3.05, 3.63) is 54.1 Å². The molecule has 1 N–H and O–H groups in total. The minimum absolute atomic E-state index is 0.521. The minimum atomic E-state index is -0.834. The lowest BCUT2D eigenvalue weighted by Crippen LogP contribution is -2.06. The zero-order valence-electron chi connectivity index (χ0n) is 10.9. The normalized spacial score (nSPS) is 12.4. The number of para-hydroxylation sites is 2. The van der Waals surface area contributed by atoms with Gasteiger partial charge in [-0.15, -0.1) is 0 Å². The summed E-state index contributed by atoms with van der Waals surface area (Å²) in [6.45, 7) is 1.66. The van der Waals surface area contributed by atoms with Gasteiger partial charge in [-0.1, -0.05) is 24.3 Å². The quantitative estimate of drug-likeness (QED) is 0.786. The SMILES string of the molecule is CC(C(=O)O)c1ccc(-c2nc3ccccc3o2)cc1. The fraction of sp³-hybridized carbons (Fsp3) is 0.125. The third kappa shape index (κ3) is 2.16. The van der Waals surface area contributed by atoms with Crippen molar-refractivity contribution in [2.75, 3.05) is 0 Å². The molecule has 0 saturated carbocycles. The molecule has 0 saturated heterocycles. The van der Waals surface area contributed by atoms with E-state index in [1.165, 1.54) is 0 Å². The van der Waals surface area contributed by atoms with E-state index in [-0.39, 0.29) is 0 Å². The van der Waals surface area contributed by atoms with Gasteiger partial charge < -0.3 is 9.52 Å². The summed E-state index contributed by atoms with van der Waals surface area (Å²) in [5, 5.41) is 8.99. The van der Waals surface area contributed by atoms with Crippen molar-refractivity contribution < 1.29 is 14.3 Å². The lowest BCUT2D eigenvalue weighted by molar-refractivity contribution is -0.138. The summed E-state index contributed by atoms with van der Waals surface area (Å²) in [6.07, 6.45) is 0. The Morgan fingerprint density at radius 1 is 1.15 bits per heavy atom. The third-order valence-corrected chi connectivity index (χ3v) is 3.32. The van der Waals surface area contributed by atoms with E-state index in [2.05, 4.69) is 4.98 Å². The number of nitrogens with zero attached hydrogens (tertiary/aromatic N) is 1. The zero-order chi connectivity index (χ0) is 14.1. The Bertz CT molecular complexity index is 726. The first-order valence-corrected chi connectivity index (χ1v) is 6.34. The van der Waals surface area contributed by atoms with Gasteiger partial charge in [0.25, 0.3) is 0 Å². The van der Waals surface area contributed by atoms with Gasteiger partial charge >= 0.3 is 5.97 Å². The van der Waals surface area contributed by atoms with Crippen LogP contribution in [0.15, 0.2) is 52.9 Å². The Kier molecular flexibility index (Phi) is 2.99. The molecule has 0 aliphatic heterocycles. The molecule has 0 amide bonds. The highest BCUT2D eigenvalue weighted by Crippen LogP contribution is 2.25. The molecule has 4 nitrogen and oxygen atoms in total. The molecule has 1 heterocycles. The average Bonchev–Trinajstić information content (AvgIpc) is 2.90. The Morgan fingerprint density at radius 2 is 1.85 bits per heavy atom. The van der Waals surface area contributed by atoms with Crippen LogP contribution in [0.25, 0.3) is 22.6 Å². The number of carboxylic acid groups (broad SMARTS) is 1. The van der Waals surface area contributed by atoms with Crippen LogP contribution in [-0.4, -0.2) is 16.1 Å². The van der Waals surface area contributed by atoms with E-state index in [1.807, 2.05) is 36.4 Å². The van der Waals surface area contributed by atoms with Gasteiger partial charge in [0, 0.05) is 5.56 Å². The van der Waals surface area contributed by atoms with E-state index in [1.54, 1.807) is 19.1 Å². The number of hydrogen-bond donors (Lipinski definition) is 1. The number of aliphatic carboxylic acids is 1.